The molecule has 2 aromatic carbocycles. The Hall–Kier alpha value is -1.72. The van der Waals surface area contributed by atoms with Crippen LogP contribution in [0.15, 0.2) is 48.5 Å². The molecule has 0 saturated heterocycles. The van der Waals surface area contributed by atoms with Crippen molar-refractivity contribution in [3.8, 4) is 11.1 Å². The van der Waals surface area contributed by atoms with Crippen molar-refractivity contribution in [1.29, 1.82) is 0 Å². The minimum atomic E-state index is -4.51. The number of rotatable bonds is 2. The molecule has 1 aliphatic carbocycles. The molecule has 0 radical (unpaired) electrons. The molecule has 0 atom stereocenters. The van der Waals surface area contributed by atoms with Gasteiger partial charge in [-0.3, -0.25) is 0 Å². The van der Waals surface area contributed by atoms with Crippen LogP contribution in [0.2, 0.25) is 25.7 Å². The second-order valence-corrected chi connectivity index (χ2v) is 12.5. The van der Waals surface area contributed by atoms with Crippen molar-refractivity contribution in [2.45, 2.75) is 31.9 Å². The van der Waals surface area contributed by atoms with Gasteiger partial charge in [-0.25, -0.2) is 0 Å². The van der Waals surface area contributed by atoms with Gasteiger partial charge in [-0.2, -0.15) is 13.2 Å². The molecule has 1 aliphatic rings. The highest BCUT2D eigenvalue weighted by molar-refractivity contribution is 6.76. The summed E-state index contributed by atoms with van der Waals surface area (Å²) in [5.41, 5.74) is 5.75. The lowest BCUT2D eigenvalue weighted by Crippen LogP contribution is -2.24. The van der Waals surface area contributed by atoms with E-state index < -0.39 is 20.9 Å². The summed E-state index contributed by atoms with van der Waals surface area (Å²) in [6.45, 7) is 5.36. The van der Waals surface area contributed by atoms with E-state index in [1.165, 1.54) is 28.3 Å². The van der Waals surface area contributed by atoms with Crippen LogP contribution in [0.5, 0.6) is 0 Å². The van der Waals surface area contributed by atoms with Crippen LogP contribution < -0.4 is 5.11 Å². The van der Waals surface area contributed by atoms with E-state index in [4.69, 9.17) is 5.11 Å². The first-order valence-electron chi connectivity index (χ1n) is 7.82. The minimum absolute atomic E-state index is 1.10. The van der Waals surface area contributed by atoms with Gasteiger partial charge in [0, 0.05) is 18.1 Å². The van der Waals surface area contributed by atoms with E-state index in [0.29, 0.717) is 0 Å². The summed E-state index contributed by atoms with van der Waals surface area (Å²) in [5.74, 6) is 1.57. The molecule has 0 fully saturated rings. The van der Waals surface area contributed by atoms with E-state index in [-0.39, 0.29) is 0 Å². The molecule has 0 aromatic heterocycles. The van der Waals surface area contributed by atoms with Crippen LogP contribution in [-0.4, -0.2) is 20.9 Å². The zero-order valence-corrected chi connectivity index (χ0v) is 15.1. The molecule has 5 heteroatoms. The first-order chi connectivity index (χ1) is 11.1. The topological polar surface area (TPSA) is 23.1 Å². The largest absolute Gasteiger partial charge is 0.848 e. The van der Waals surface area contributed by atoms with Gasteiger partial charge in [-0.05, 0) is 49.0 Å². The maximum Gasteiger partial charge on any atom is 0.374 e. The predicted molar refractivity (Wildman–Crippen MR) is 92.4 cm³/mol. The maximum absolute atomic E-state index is 10.5. The van der Waals surface area contributed by atoms with Crippen molar-refractivity contribution in [3.05, 3.63) is 65.6 Å². The van der Waals surface area contributed by atoms with Gasteiger partial charge in [-0.15, -0.1) is 0 Å². The third kappa shape index (κ3) is 4.64. The Morgan fingerprint density at radius 3 is 1.58 bits per heavy atom. The Kier molecular flexibility index (Phi) is 5.45. The fraction of sp³-hybridized carbons (Fsp3) is 0.316. The molecule has 0 aliphatic heterocycles. The molecule has 1 nitrogen and oxygen atoms in total. The lowest BCUT2D eigenvalue weighted by Gasteiger charge is -2.18. The van der Waals surface area contributed by atoms with Crippen molar-refractivity contribution < 1.29 is 18.3 Å². The molecule has 0 spiro atoms. The normalized spacial score (nSPS) is 13.0. The van der Waals surface area contributed by atoms with Gasteiger partial charge < -0.3 is 5.11 Å². The molecule has 128 valence electrons. The first kappa shape index (κ1) is 18.6. The highest BCUT2D eigenvalue weighted by Gasteiger charge is 2.38. The third-order valence-corrected chi connectivity index (χ3v) is 5.08. The standard InChI is InChI=1S/C17H19Si.C2H2F3O/c1-18(2,3)12-17-15-10-6-4-8-13(15)14-9-5-7-11-16(14)17;3-2(4,5)1-6/h4-11H,12H2,1-3H3;1H2/q+1;-1. The zero-order valence-electron chi connectivity index (χ0n) is 14.1. The van der Waals surface area contributed by atoms with E-state index in [1.54, 1.807) is 5.92 Å². The summed E-state index contributed by atoms with van der Waals surface area (Å²) in [6, 6.07) is 19.0. The fourth-order valence-corrected chi connectivity index (χ4v) is 4.27. The van der Waals surface area contributed by atoms with Crippen molar-refractivity contribution >= 4 is 8.07 Å². The van der Waals surface area contributed by atoms with Gasteiger partial charge >= 0.3 is 6.18 Å². The molecular weight excluding hydrogens is 329 g/mol. The number of fused-ring (bicyclic) bond motifs is 3. The minimum Gasteiger partial charge on any atom is -0.848 e. The van der Waals surface area contributed by atoms with Crippen molar-refractivity contribution in [2.75, 3.05) is 6.61 Å². The molecule has 0 amide bonds. The van der Waals surface area contributed by atoms with E-state index in [9.17, 15) is 13.2 Å². The zero-order chi connectivity index (χ0) is 18.0. The quantitative estimate of drug-likeness (QED) is 0.559. The number of hydrogen-bond donors (Lipinski definition) is 0. The lowest BCUT2D eigenvalue weighted by atomic mass is 9.99. The summed E-state index contributed by atoms with van der Waals surface area (Å²) in [5, 5.41) is 8.83. The number of benzene rings is 2. The predicted octanol–water partition coefficient (Wildman–Crippen LogP) is 4.89. The summed E-state index contributed by atoms with van der Waals surface area (Å²) in [7, 11) is -1.10. The lowest BCUT2D eigenvalue weighted by molar-refractivity contribution is -0.426. The molecular formula is C19H21F3OSi. The Labute approximate surface area is 142 Å². The molecule has 0 saturated carbocycles. The molecule has 0 heterocycles. The van der Waals surface area contributed by atoms with Crippen LogP contribution in [-0.2, 0) is 0 Å². The summed E-state index contributed by atoms with van der Waals surface area (Å²) in [6.07, 6.45) is -4.51. The smallest absolute Gasteiger partial charge is 0.374 e. The fourth-order valence-electron chi connectivity index (χ4n) is 2.83. The second-order valence-electron chi connectivity index (χ2n) is 7.07. The Balaban J connectivity index is 0.000000301. The van der Waals surface area contributed by atoms with Crippen molar-refractivity contribution in [1.82, 2.24) is 0 Å². The van der Waals surface area contributed by atoms with Gasteiger partial charge in [0.05, 0.1) is 30.3 Å². The van der Waals surface area contributed by atoms with Crippen LogP contribution in [0.25, 0.3) is 11.1 Å². The van der Waals surface area contributed by atoms with Crippen LogP contribution in [0.1, 0.15) is 11.1 Å². The van der Waals surface area contributed by atoms with Crippen molar-refractivity contribution in [3.63, 3.8) is 0 Å². The van der Waals surface area contributed by atoms with E-state index in [2.05, 4.69) is 68.2 Å². The second kappa shape index (κ2) is 7.03. The number of hydrogen-bond acceptors (Lipinski definition) is 1. The molecule has 2 aromatic rings. The van der Waals surface area contributed by atoms with Gasteiger partial charge in [0.2, 0.25) is 0 Å². The van der Waals surface area contributed by atoms with Crippen LogP contribution in [0.3, 0.4) is 0 Å². The molecule has 0 bridgehead atoms. The van der Waals surface area contributed by atoms with Gasteiger partial charge in [0.15, 0.2) is 0 Å². The van der Waals surface area contributed by atoms with Crippen LogP contribution in [0, 0.1) is 5.92 Å². The summed E-state index contributed by atoms with van der Waals surface area (Å²) in [4.78, 5) is 0. The summed E-state index contributed by atoms with van der Waals surface area (Å²) < 4.78 is 31.4. The van der Waals surface area contributed by atoms with E-state index in [1.807, 2.05) is 0 Å². The average molecular weight is 350 g/mol. The Morgan fingerprint density at radius 1 is 0.875 bits per heavy atom. The number of alkyl halides is 3. The van der Waals surface area contributed by atoms with E-state index >= 15 is 0 Å². The SMILES string of the molecule is C[Si](C)(C)C[C+]1c2ccccc2-c2ccccc21.[O-]CC(F)(F)F. The van der Waals surface area contributed by atoms with Gasteiger partial charge in [0.1, 0.15) is 0 Å². The van der Waals surface area contributed by atoms with Gasteiger partial charge in [0.25, 0.3) is 0 Å². The Morgan fingerprint density at radius 2 is 1.25 bits per heavy atom. The van der Waals surface area contributed by atoms with Gasteiger partial charge in [-0.1, -0.05) is 19.6 Å². The molecule has 0 N–H and O–H groups in total. The monoisotopic (exact) mass is 350 g/mol. The third-order valence-electron chi connectivity index (χ3n) is 3.67. The van der Waals surface area contributed by atoms with E-state index in [0.717, 1.165) is 0 Å². The highest BCUT2D eigenvalue weighted by Crippen LogP contribution is 2.47. The maximum atomic E-state index is 10.5. The highest BCUT2D eigenvalue weighted by atomic mass is 28.3. The Bertz CT molecular complexity index is 644. The molecule has 3 rings (SSSR count). The van der Waals surface area contributed by atoms with Crippen molar-refractivity contribution in [2.24, 2.45) is 0 Å². The summed E-state index contributed by atoms with van der Waals surface area (Å²) >= 11 is 0. The average Bonchev–Trinajstić information content (AvgIpc) is 2.81. The number of halogens is 3. The van der Waals surface area contributed by atoms with Crippen LogP contribution >= 0.6 is 0 Å². The molecule has 24 heavy (non-hydrogen) atoms. The first-order valence-corrected chi connectivity index (χ1v) is 11.5. The van der Waals surface area contributed by atoms with Crippen LogP contribution in [0.4, 0.5) is 13.2 Å². The molecule has 0 unspecified atom stereocenters.